The monoisotopic (exact) mass is 370 g/mol. The van der Waals surface area contributed by atoms with E-state index in [0.717, 1.165) is 35.2 Å². The van der Waals surface area contributed by atoms with Crippen LogP contribution in [0.3, 0.4) is 0 Å². The molecule has 1 aliphatic carbocycles. The molecule has 1 saturated carbocycles. The van der Waals surface area contributed by atoms with Gasteiger partial charge in [-0.1, -0.05) is 37.7 Å². The molecular weight excluding hydrogens is 348 g/mol. The predicted molar refractivity (Wildman–Crippen MR) is 98.8 cm³/mol. The molecule has 0 amide bonds. The van der Waals surface area contributed by atoms with Gasteiger partial charge in [0.25, 0.3) is 0 Å². The highest BCUT2D eigenvalue weighted by molar-refractivity contribution is 7.99. The Morgan fingerprint density at radius 1 is 1.27 bits per heavy atom. The van der Waals surface area contributed by atoms with Gasteiger partial charge in [0.15, 0.2) is 16.8 Å². The van der Waals surface area contributed by atoms with E-state index in [-0.39, 0.29) is 10.7 Å². The maximum atomic E-state index is 5.48. The molecule has 0 unspecified atom stereocenters. The van der Waals surface area contributed by atoms with Crippen molar-refractivity contribution in [1.82, 2.24) is 29.9 Å². The van der Waals surface area contributed by atoms with Crippen LogP contribution in [0.4, 0.5) is 0 Å². The van der Waals surface area contributed by atoms with Crippen LogP contribution in [0.15, 0.2) is 34.2 Å². The highest BCUT2D eigenvalue weighted by atomic mass is 32.2. The lowest BCUT2D eigenvalue weighted by molar-refractivity contribution is 0.364. The van der Waals surface area contributed by atoms with E-state index in [0.29, 0.717) is 11.9 Å². The Balaban J connectivity index is 1.60. The summed E-state index contributed by atoms with van der Waals surface area (Å²) >= 11 is 1.60. The largest absolute Gasteiger partial charge is 0.338 e. The van der Waals surface area contributed by atoms with Crippen molar-refractivity contribution in [3.8, 4) is 11.4 Å². The first-order chi connectivity index (χ1) is 12.4. The molecule has 1 aliphatic rings. The molecule has 4 rings (SSSR count). The van der Waals surface area contributed by atoms with Gasteiger partial charge in [0.1, 0.15) is 0 Å². The van der Waals surface area contributed by atoms with Gasteiger partial charge in [-0.15, -0.1) is 10.2 Å². The fourth-order valence-corrected chi connectivity index (χ4v) is 3.57. The molecular formula is C18H22N6OS. The van der Waals surface area contributed by atoms with Crippen LogP contribution in [0.2, 0.25) is 0 Å². The van der Waals surface area contributed by atoms with Gasteiger partial charge in [-0.25, -0.2) is 0 Å². The summed E-state index contributed by atoms with van der Waals surface area (Å²) in [6, 6.07) is 4.40. The molecule has 0 bridgehead atoms. The lowest BCUT2D eigenvalue weighted by Crippen LogP contribution is -2.13. The molecule has 1 fully saturated rings. The predicted octanol–water partition coefficient (Wildman–Crippen LogP) is 4.21. The molecule has 136 valence electrons. The fraction of sp³-hybridized carbons (Fsp3) is 0.500. The van der Waals surface area contributed by atoms with Gasteiger partial charge < -0.3 is 4.52 Å². The van der Waals surface area contributed by atoms with E-state index in [1.54, 1.807) is 18.0 Å². The molecule has 8 heteroatoms. The normalized spacial score (nSPS) is 16.0. The van der Waals surface area contributed by atoms with Crippen molar-refractivity contribution in [2.45, 2.75) is 62.4 Å². The van der Waals surface area contributed by atoms with E-state index in [9.17, 15) is 0 Å². The van der Waals surface area contributed by atoms with Crippen LogP contribution in [-0.2, 0) is 5.41 Å². The van der Waals surface area contributed by atoms with Crippen LogP contribution in [0, 0.1) is 0 Å². The topological polar surface area (TPSA) is 82.5 Å². The fourth-order valence-electron chi connectivity index (χ4n) is 2.62. The molecule has 0 N–H and O–H groups in total. The van der Waals surface area contributed by atoms with Crippen molar-refractivity contribution >= 4 is 11.8 Å². The van der Waals surface area contributed by atoms with Crippen molar-refractivity contribution in [1.29, 1.82) is 0 Å². The molecule has 7 nitrogen and oxygen atoms in total. The second kappa shape index (κ2) is 6.50. The van der Waals surface area contributed by atoms with Crippen LogP contribution in [-0.4, -0.2) is 29.9 Å². The zero-order chi connectivity index (χ0) is 18.3. The molecule has 0 aliphatic heterocycles. The SMILES string of the molecule is C[C@@H](Sc1nnc(-c2cccnc2)n1C1CC1)c1nc(C(C)(C)C)no1. The minimum atomic E-state index is -0.131. The van der Waals surface area contributed by atoms with E-state index in [2.05, 4.69) is 57.6 Å². The average molecular weight is 370 g/mol. The molecule has 3 heterocycles. The van der Waals surface area contributed by atoms with Crippen LogP contribution < -0.4 is 0 Å². The quantitative estimate of drug-likeness (QED) is 0.622. The Kier molecular flexibility index (Phi) is 4.30. The number of aromatic nitrogens is 6. The summed E-state index contributed by atoms with van der Waals surface area (Å²) in [6.45, 7) is 8.27. The van der Waals surface area contributed by atoms with Crippen molar-refractivity contribution in [2.75, 3.05) is 0 Å². The first kappa shape index (κ1) is 17.2. The third-order valence-corrected chi connectivity index (χ3v) is 5.28. The summed E-state index contributed by atoms with van der Waals surface area (Å²) in [5.41, 5.74) is 0.854. The summed E-state index contributed by atoms with van der Waals surface area (Å²) in [6.07, 6.45) is 5.90. The number of hydrogen-bond acceptors (Lipinski definition) is 7. The Morgan fingerprint density at radius 2 is 2.08 bits per heavy atom. The van der Waals surface area contributed by atoms with Crippen LogP contribution >= 0.6 is 11.8 Å². The standard InChI is InChI=1S/C18H22N6OS/c1-11(15-20-16(23-25-15)18(2,3)4)26-17-22-21-14(24(17)13-7-8-13)12-6-5-9-19-10-12/h5-6,9-11,13H,7-8H2,1-4H3/t11-/m1/s1. The molecule has 0 aromatic carbocycles. The number of pyridine rings is 1. The van der Waals surface area contributed by atoms with Crippen LogP contribution in [0.1, 0.15) is 63.5 Å². The highest BCUT2D eigenvalue weighted by Gasteiger charge is 2.32. The maximum absolute atomic E-state index is 5.48. The van der Waals surface area contributed by atoms with Gasteiger partial charge in [0.05, 0.1) is 5.25 Å². The Labute approximate surface area is 156 Å². The number of thioether (sulfide) groups is 1. The second-order valence-corrected chi connectivity index (χ2v) is 8.92. The first-order valence-electron chi connectivity index (χ1n) is 8.79. The summed E-state index contributed by atoms with van der Waals surface area (Å²) < 4.78 is 7.70. The number of nitrogens with zero attached hydrogens (tertiary/aromatic N) is 6. The van der Waals surface area contributed by atoms with Gasteiger partial charge in [-0.2, -0.15) is 4.98 Å². The highest BCUT2D eigenvalue weighted by Crippen LogP contribution is 2.43. The smallest absolute Gasteiger partial charge is 0.239 e. The van der Waals surface area contributed by atoms with Crippen LogP contribution in [0.5, 0.6) is 0 Å². The summed E-state index contributed by atoms with van der Waals surface area (Å²) in [5, 5.41) is 13.9. The van der Waals surface area contributed by atoms with E-state index in [4.69, 9.17) is 4.52 Å². The molecule has 3 aromatic rings. The Morgan fingerprint density at radius 3 is 2.69 bits per heavy atom. The summed E-state index contributed by atoms with van der Waals surface area (Å²) in [5.74, 6) is 2.21. The minimum absolute atomic E-state index is 0.00190. The molecule has 26 heavy (non-hydrogen) atoms. The summed E-state index contributed by atoms with van der Waals surface area (Å²) in [4.78, 5) is 8.77. The van der Waals surface area contributed by atoms with Crippen molar-refractivity contribution in [3.05, 3.63) is 36.2 Å². The first-order valence-corrected chi connectivity index (χ1v) is 9.67. The lowest BCUT2D eigenvalue weighted by Gasteiger charge is -2.12. The van der Waals surface area contributed by atoms with Gasteiger partial charge >= 0.3 is 0 Å². The van der Waals surface area contributed by atoms with Gasteiger partial charge in [0.2, 0.25) is 5.89 Å². The maximum Gasteiger partial charge on any atom is 0.239 e. The number of rotatable bonds is 5. The minimum Gasteiger partial charge on any atom is -0.338 e. The van der Waals surface area contributed by atoms with Crippen molar-refractivity contribution in [2.24, 2.45) is 0 Å². The van der Waals surface area contributed by atoms with Crippen LogP contribution in [0.25, 0.3) is 11.4 Å². The van der Waals surface area contributed by atoms with Gasteiger partial charge in [-0.05, 0) is 31.9 Å². The molecule has 0 radical (unpaired) electrons. The second-order valence-electron chi connectivity index (χ2n) is 7.62. The zero-order valence-electron chi connectivity index (χ0n) is 15.4. The third kappa shape index (κ3) is 3.38. The van der Waals surface area contributed by atoms with Crippen molar-refractivity contribution < 1.29 is 4.52 Å². The van der Waals surface area contributed by atoms with Crippen molar-refractivity contribution in [3.63, 3.8) is 0 Å². The number of hydrogen-bond donors (Lipinski definition) is 0. The van der Waals surface area contributed by atoms with E-state index in [1.807, 2.05) is 18.3 Å². The van der Waals surface area contributed by atoms with Gasteiger partial charge in [-0.3, -0.25) is 9.55 Å². The Hall–Kier alpha value is -2.22. The molecule has 0 saturated heterocycles. The average Bonchev–Trinajstić information content (AvgIpc) is 3.16. The molecule has 3 aromatic heterocycles. The zero-order valence-corrected chi connectivity index (χ0v) is 16.2. The van der Waals surface area contributed by atoms with E-state index in [1.165, 1.54) is 0 Å². The Bertz CT molecular complexity index is 894. The summed E-state index contributed by atoms with van der Waals surface area (Å²) in [7, 11) is 0. The van der Waals surface area contributed by atoms with E-state index >= 15 is 0 Å². The third-order valence-electron chi connectivity index (χ3n) is 4.24. The van der Waals surface area contributed by atoms with Gasteiger partial charge in [0, 0.05) is 29.4 Å². The molecule has 0 spiro atoms. The van der Waals surface area contributed by atoms with E-state index < -0.39 is 0 Å². The molecule has 1 atom stereocenters. The lowest BCUT2D eigenvalue weighted by atomic mass is 9.96.